The third-order valence-electron chi connectivity index (χ3n) is 4.84. The van der Waals surface area contributed by atoms with Crippen molar-refractivity contribution in [3.63, 3.8) is 0 Å². The maximum absolute atomic E-state index is 12.5. The predicted octanol–water partition coefficient (Wildman–Crippen LogP) is 1.49. The number of hydrogen-bond donors (Lipinski definition) is 1. The van der Waals surface area contributed by atoms with Gasteiger partial charge in [-0.2, -0.15) is 5.26 Å². The van der Waals surface area contributed by atoms with E-state index in [4.69, 9.17) is 10.00 Å². The molecule has 1 unspecified atom stereocenters. The highest BCUT2D eigenvalue weighted by Gasteiger charge is 2.44. The van der Waals surface area contributed by atoms with Crippen LogP contribution < -0.4 is 0 Å². The fourth-order valence-electron chi connectivity index (χ4n) is 3.53. The second-order valence-corrected chi connectivity index (χ2v) is 6.79. The van der Waals surface area contributed by atoms with Crippen LogP contribution in [-0.4, -0.2) is 51.8 Å². The lowest BCUT2D eigenvalue weighted by Gasteiger charge is -2.48. The van der Waals surface area contributed by atoms with Gasteiger partial charge in [0, 0.05) is 25.7 Å². The molecule has 1 aromatic heterocycles. The van der Waals surface area contributed by atoms with Gasteiger partial charge in [-0.3, -0.25) is 4.79 Å². The molecule has 2 fully saturated rings. The largest absolute Gasteiger partial charge is 0.390 e. The highest BCUT2D eigenvalue weighted by Crippen LogP contribution is 2.39. The van der Waals surface area contributed by atoms with Gasteiger partial charge < -0.3 is 14.7 Å². The van der Waals surface area contributed by atoms with E-state index in [1.165, 1.54) is 6.20 Å². The Bertz CT molecular complexity index is 625. The Balaban J connectivity index is 1.64. The van der Waals surface area contributed by atoms with Crippen molar-refractivity contribution < 1.29 is 14.6 Å². The summed E-state index contributed by atoms with van der Waals surface area (Å²) >= 11 is 0. The van der Waals surface area contributed by atoms with E-state index >= 15 is 0 Å². The minimum Gasteiger partial charge on any atom is -0.390 e. The van der Waals surface area contributed by atoms with Gasteiger partial charge in [0.15, 0.2) is 0 Å². The van der Waals surface area contributed by atoms with Crippen LogP contribution in [0.5, 0.6) is 0 Å². The molecule has 1 spiro atoms. The van der Waals surface area contributed by atoms with Gasteiger partial charge in [-0.15, -0.1) is 0 Å². The molecular weight excluding hydrogens is 294 g/mol. The number of piperidine rings is 1. The molecule has 2 saturated heterocycles. The summed E-state index contributed by atoms with van der Waals surface area (Å²) in [6, 6.07) is 5.14. The zero-order valence-corrected chi connectivity index (χ0v) is 13.3. The standard InChI is InChI=1S/C17H21N3O3/c1-16(22)6-9-23-17(12-16)4-7-20(8-5-17)15(21)13-2-3-14(10-18)19-11-13/h2-3,11,22H,4-9,12H2,1H3. The van der Waals surface area contributed by atoms with E-state index in [1.807, 2.05) is 13.0 Å². The van der Waals surface area contributed by atoms with Crippen molar-refractivity contribution in [2.45, 2.75) is 43.8 Å². The van der Waals surface area contributed by atoms with Crippen molar-refractivity contribution in [3.05, 3.63) is 29.6 Å². The lowest BCUT2D eigenvalue weighted by molar-refractivity contribution is -0.170. The average molecular weight is 315 g/mol. The van der Waals surface area contributed by atoms with Gasteiger partial charge in [-0.1, -0.05) is 0 Å². The molecule has 3 heterocycles. The van der Waals surface area contributed by atoms with E-state index in [-0.39, 0.29) is 11.5 Å². The van der Waals surface area contributed by atoms with Gasteiger partial charge in [-0.25, -0.2) is 4.98 Å². The van der Waals surface area contributed by atoms with Crippen LogP contribution in [0.1, 0.15) is 48.7 Å². The molecule has 1 N–H and O–H groups in total. The van der Waals surface area contributed by atoms with Crippen LogP contribution in [-0.2, 0) is 4.74 Å². The number of likely N-dealkylation sites (tertiary alicyclic amines) is 1. The van der Waals surface area contributed by atoms with Crippen molar-refractivity contribution in [1.29, 1.82) is 5.26 Å². The number of nitrogens with zero attached hydrogens (tertiary/aromatic N) is 3. The highest BCUT2D eigenvalue weighted by molar-refractivity contribution is 5.94. The van der Waals surface area contributed by atoms with Crippen molar-refractivity contribution in [1.82, 2.24) is 9.88 Å². The Kier molecular flexibility index (Phi) is 4.09. The number of aliphatic hydroxyl groups is 1. The first-order valence-electron chi connectivity index (χ1n) is 7.95. The van der Waals surface area contributed by atoms with Crippen molar-refractivity contribution >= 4 is 5.91 Å². The van der Waals surface area contributed by atoms with Crippen LogP contribution in [0, 0.1) is 11.3 Å². The zero-order chi connectivity index (χ0) is 16.5. The van der Waals surface area contributed by atoms with Crippen molar-refractivity contribution in [2.75, 3.05) is 19.7 Å². The van der Waals surface area contributed by atoms with Crippen LogP contribution in [0.15, 0.2) is 18.3 Å². The summed E-state index contributed by atoms with van der Waals surface area (Å²) in [5.74, 6) is -0.0700. The number of ether oxygens (including phenoxy) is 1. The second-order valence-electron chi connectivity index (χ2n) is 6.79. The van der Waals surface area contributed by atoms with Gasteiger partial charge in [0.2, 0.25) is 0 Å². The van der Waals surface area contributed by atoms with E-state index < -0.39 is 5.60 Å². The molecule has 6 heteroatoms. The molecule has 2 aliphatic rings. The van der Waals surface area contributed by atoms with Gasteiger partial charge in [0.1, 0.15) is 11.8 Å². The van der Waals surface area contributed by atoms with E-state index in [0.29, 0.717) is 43.8 Å². The lowest BCUT2D eigenvalue weighted by atomic mass is 9.78. The Hall–Kier alpha value is -1.97. The Morgan fingerprint density at radius 2 is 2.13 bits per heavy atom. The van der Waals surface area contributed by atoms with Crippen LogP contribution in [0.25, 0.3) is 0 Å². The Morgan fingerprint density at radius 3 is 2.70 bits per heavy atom. The summed E-state index contributed by atoms with van der Waals surface area (Å²) in [4.78, 5) is 18.3. The van der Waals surface area contributed by atoms with Crippen molar-refractivity contribution in [3.8, 4) is 6.07 Å². The molecule has 0 radical (unpaired) electrons. The first-order valence-corrected chi connectivity index (χ1v) is 7.95. The third-order valence-corrected chi connectivity index (χ3v) is 4.84. The molecule has 1 aromatic rings. The molecule has 0 saturated carbocycles. The molecule has 1 atom stereocenters. The molecule has 0 aromatic carbocycles. The molecule has 1 amide bonds. The monoisotopic (exact) mass is 315 g/mol. The van der Waals surface area contributed by atoms with Gasteiger partial charge in [0.05, 0.1) is 23.4 Å². The number of carbonyl (C=O) groups excluding carboxylic acids is 1. The maximum Gasteiger partial charge on any atom is 0.255 e. The first kappa shape index (κ1) is 15.9. The number of rotatable bonds is 1. The van der Waals surface area contributed by atoms with Crippen molar-refractivity contribution in [2.24, 2.45) is 0 Å². The van der Waals surface area contributed by atoms with Gasteiger partial charge in [-0.05, 0) is 38.3 Å². The summed E-state index contributed by atoms with van der Waals surface area (Å²) in [6.07, 6.45) is 4.21. The normalized spacial score (nSPS) is 26.7. The van der Waals surface area contributed by atoms with Crippen LogP contribution in [0.3, 0.4) is 0 Å². The fourth-order valence-corrected chi connectivity index (χ4v) is 3.53. The summed E-state index contributed by atoms with van der Waals surface area (Å²) in [7, 11) is 0. The third kappa shape index (κ3) is 3.36. The topological polar surface area (TPSA) is 86.5 Å². The van der Waals surface area contributed by atoms with Crippen LogP contribution >= 0.6 is 0 Å². The van der Waals surface area contributed by atoms with Crippen LogP contribution in [0.2, 0.25) is 0 Å². The van der Waals surface area contributed by atoms with E-state index in [0.717, 1.165) is 12.8 Å². The molecule has 2 aliphatic heterocycles. The fraction of sp³-hybridized carbons (Fsp3) is 0.588. The highest BCUT2D eigenvalue weighted by atomic mass is 16.5. The first-order chi connectivity index (χ1) is 10.9. The SMILES string of the molecule is CC1(O)CCOC2(CCN(C(=O)c3ccc(C#N)nc3)CC2)C1. The Labute approximate surface area is 135 Å². The molecule has 6 nitrogen and oxygen atoms in total. The van der Waals surface area contributed by atoms with Crippen LogP contribution in [0.4, 0.5) is 0 Å². The summed E-state index contributed by atoms with van der Waals surface area (Å²) in [6.45, 7) is 3.64. The van der Waals surface area contributed by atoms with E-state index in [9.17, 15) is 9.90 Å². The maximum atomic E-state index is 12.5. The summed E-state index contributed by atoms with van der Waals surface area (Å²) in [5.41, 5.74) is -0.184. The Morgan fingerprint density at radius 1 is 1.39 bits per heavy atom. The quantitative estimate of drug-likeness (QED) is 0.848. The molecule has 0 aliphatic carbocycles. The smallest absolute Gasteiger partial charge is 0.255 e. The number of aromatic nitrogens is 1. The molecular formula is C17H21N3O3. The second kappa shape index (κ2) is 5.91. The molecule has 0 bridgehead atoms. The minimum absolute atomic E-state index is 0.0700. The van der Waals surface area contributed by atoms with Gasteiger partial charge in [0.25, 0.3) is 5.91 Å². The van der Waals surface area contributed by atoms with Gasteiger partial charge >= 0.3 is 0 Å². The summed E-state index contributed by atoms with van der Waals surface area (Å²) < 4.78 is 5.96. The molecule has 122 valence electrons. The number of carbonyl (C=O) groups is 1. The van der Waals surface area contributed by atoms with E-state index in [2.05, 4.69) is 4.98 Å². The zero-order valence-electron chi connectivity index (χ0n) is 13.3. The predicted molar refractivity (Wildman–Crippen MR) is 82.6 cm³/mol. The molecule has 3 rings (SSSR count). The number of nitriles is 1. The molecule has 23 heavy (non-hydrogen) atoms. The average Bonchev–Trinajstić information content (AvgIpc) is 2.54. The lowest BCUT2D eigenvalue weighted by Crippen LogP contribution is -2.54. The van der Waals surface area contributed by atoms with E-state index in [1.54, 1.807) is 17.0 Å². The summed E-state index contributed by atoms with van der Waals surface area (Å²) in [5, 5.41) is 19.1. The number of pyridine rings is 1. The minimum atomic E-state index is -0.679. The number of amides is 1. The number of hydrogen-bond acceptors (Lipinski definition) is 5.